The predicted molar refractivity (Wildman–Crippen MR) is 369 cm³/mol. The van der Waals surface area contributed by atoms with Gasteiger partial charge in [-0.1, -0.05) is 117 Å². The fourth-order valence-electron chi connectivity index (χ4n) is 13.2. The predicted octanol–water partition coefficient (Wildman–Crippen LogP) is 2.02. The Balaban J connectivity index is 2.21. The highest BCUT2D eigenvalue weighted by Gasteiger charge is 2.50. The van der Waals surface area contributed by atoms with Crippen LogP contribution in [0, 0.1) is 0 Å². The van der Waals surface area contributed by atoms with Crippen LogP contribution in [0.25, 0.3) is 0 Å². The van der Waals surface area contributed by atoms with Crippen LogP contribution in [0.2, 0.25) is 6.04 Å². The van der Waals surface area contributed by atoms with Gasteiger partial charge < -0.3 is 33.1 Å². The highest BCUT2D eigenvalue weighted by molar-refractivity contribution is 7.87. The highest BCUT2D eigenvalue weighted by atomic mass is 32.2. The summed E-state index contributed by atoms with van der Waals surface area (Å²) >= 11 is 0. The second kappa shape index (κ2) is 44.7. The summed E-state index contributed by atoms with van der Waals surface area (Å²) < 4.78 is 231. The zero-order chi connectivity index (χ0) is 71.7. The molecular weight excluding hydrogens is 1400 g/mol. The monoisotopic (exact) mass is 1520 g/mol. The molecule has 96 heavy (non-hydrogen) atoms. The smallest absolute Gasteiger partial charge is 0.391 e. The lowest BCUT2D eigenvalue weighted by molar-refractivity contribution is -0.910. The Kier molecular flexibility index (Phi) is 41.6. The summed E-state index contributed by atoms with van der Waals surface area (Å²) in [7, 11) is -31.4. The summed E-state index contributed by atoms with van der Waals surface area (Å²) in [6, 6.07) is -0.235. The minimum atomic E-state index is -5.03. The standard InChI is InChI=1S/C58H121N7O24S6Si/c1-4-6-8-10-12-14-16-18-20-22-37-65(3,38-23-21-19-17-15-13-11-9-7-5-2)39-24-40-96(87-56(50-93(78,79)80)44-62-31-25-59(26-32-62)41-53(66)47-90(69,70)71,88-57(51-94(81,82)83)45-63-33-27-60(28-34-63)42-54(67)48-91(72,73)74)89-58(52-95(84,85)86)46-64-35-29-61(30-36-64)43-55(68)49-92(75,76)77/h53-58,66-68H,4-52H2,1-3H3,(H5-,69,70,71,72,73,74,75,76,77,78,79,80,81,82,83,84,85,86)/p+1. The number of unbranched alkanes of at least 4 members (excludes halogenated alkanes) is 18. The number of quaternary nitrogens is 1. The molecule has 9 N–H and O–H groups in total. The third-order valence-electron chi connectivity index (χ3n) is 17.9. The van der Waals surface area contributed by atoms with Gasteiger partial charge in [-0.2, -0.15) is 50.5 Å². The number of aliphatic hydroxyl groups excluding tert-OH is 3. The van der Waals surface area contributed by atoms with Gasteiger partial charge in [0.25, 0.3) is 60.7 Å². The van der Waals surface area contributed by atoms with Gasteiger partial charge in [0.05, 0.1) is 63.3 Å². The number of hydrogen-bond donors (Lipinski definition) is 9. The van der Waals surface area contributed by atoms with Crippen LogP contribution in [0.3, 0.4) is 0 Å². The van der Waals surface area contributed by atoms with Crippen LogP contribution in [0.4, 0.5) is 0 Å². The Bertz CT molecular complexity index is 2570. The average molecular weight is 1520 g/mol. The number of piperazine rings is 3. The van der Waals surface area contributed by atoms with E-state index in [9.17, 15) is 93.1 Å². The van der Waals surface area contributed by atoms with E-state index in [0.717, 1.165) is 77.3 Å². The summed E-state index contributed by atoms with van der Waals surface area (Å²) in [5, 5.41) is 31.4. The maximum Gasteiger partial charge on any atom is 0.502 e. The normalized spacial score (nSPS) is 19.9. The van der Waals surface area contributed by atoms with Crippen molar-refractivity contribution in [3.63, 3.8) is 0 Å². The van der Waals surface area contributed by atoms with Crippen molar-refractivity contribution in [2.24, 2.45) is 0 Å². The molecule has 572 valence electrons. The molecule has 0 aromatic carbocycles. The lowest BCUT2D eigenvalue weighted by Crippen LogP contribution is -2.61. The molecule has 3 fully saturated rings. The first kappa shape index (κ1) is 89.4. The molecule has 3 aliphatic rings. The summed E-state index contributed by atoms with van der Waals surface area (Å²) in [5.74, 6) is -6.06. The second-order valence-electron chi connectivity index (χ2n) is 27.4. The molecule has 0 spiro atoms. The lowest BCUT2D eigenvalue weighted by atomic mass is 10.1. The molecular formula is C58H122N7O24S6Si+. The molecule has 0 bridgehead atoms. The van der Waals surface area contributed by atoms with E-state index < -0.39 is 141 Å². The van der Waals surface area contributed by atoms with Crippen molar-refractivity contribution in [2.75, 3.05) is 179 Å². The molecule has 6 atom stereocenters. The van der Waals surface area contributed by atoms with E-state index in [4.69, 9.17) is 13.3 Å². The quantitative estimate of drug-likeness (QED) is 0.0182. The molecule has 3 heterocycles. The molecule has 6 unspecified atom stereocenters. The van der Waals surface area contributed by atoms with Gasteiger partial charge in [-0.25, -0.2) is 0 Å². The molecule has 0 radical (unpaired) electrons. The summed E-state index contributed by atoms with van der Waals surface area (Å²) in [5.41, 5.74) is 0. The van der Waals surface area contributed by atoms with E-state index in [2.05, 4.69) is 20.9 Å². The Hall–Kier alpha value is -0.843. The van der Waals surface area contributed by atoms with E-state index in [0.29, 0.717) is 11.0 Å². The first-order valence-corrected chi connectivity index (χ1v) is 46.3. The van der Waals surface area contributed by atoms with Crippen LogP contribution in [0.1, 0.15) is 149 Å². The number of rotatable bonds is 56. The highest BCUT2D eigenvalue weighted by Crippen LogP contribution is 2.29. The fraction of sp³-hybridized carbons (Fsp3) is 1.00. The van der Waals surface area contributed by atoms with Crippen molar-refractivity contribution < 1.29 is 111 Å². The van der Waals surface area contributed by atoms with Crippen LogP contribution in [-0.4, -0.2) is 351 Å². The average Bonchev–Trinajstić information content (AvgIpc) is 0.817. The number of β-amino-alcohol motifs (C(OH)–C–C–N with tert-alkyl or cyclic N) is 3. The van der Waals surface area contributed by atoms with Crippen LogP contribution < -0.4 is 0 Å². The van der Waals surface area contributed by atoms with Crippen molar-refractivity contribution in [1.29, 1.82) is 0 Å². The molecule has 3 aliphatic heterocycles. The van der Waals surface area contributed by atoms with E-state index in [1.807, 2.05) is 0 Å². The minimum absolute atomic E-state index is 0.146. The van der Waals surface area contributed by atoms with Crippen LogP contribution >= 0.6 is 0 Å². The van der Waals surface area contributed by atoms with Crippen LogP contribution in [-0.2, 0) is 74.0 Å². The summed E-state index contributed by atoms with van der Waals surface area (Å²) in [6.07, 6.45) is 13.5. The molecule has 0 aliphatic carbocycles. The Morgan fingerprint density at radius 1 is 0.312 bits per heavy atom. The third kappa shape index (κ3) is 45.3. The molecule has 0 amide bonds. The zero-order valence-corrected chi connectivity index (χ0v) is 63.2. The van der Waals surface area contributed by atoms with Gasteiger partial charge in [-0.05, 0) is 25.7 Å². The van der Waals surface area contributed by atoms with Gasteiger partial charge >= 0.3 is 8.80 Å². The Morgan fingerprint density at radius 2 is 0.510 bits per heavy atom. The molecule has 3 rings (SSSR count). The summed E-state index contributed by atoms with van der Waals surface area (Å²) in [6.45, 7) is 7.16. The van der Waals surface area contributed by atoms with Gasteiger partial charge in [0.15, 0.2) is 0 Å². The lowest BCUT2D eigenvalue weighted by Gasteiger charge is -2.43. The van der Waals surface area contributed by atoms with E-state index in [1.54, 1.807) is 29.4 Å². The molecule has 0 saturated carbocycles. The third-order valence-corrected chi connectivity index (χ3v) is 25.7. The van der Waals surface area contributed by atoms with Crippen molar-refractivity contribution in [3.8, 4) is 0 Å². The van der Waals surface area contributed by atoms with Gasteiger partial charge in [0.2, 0.25) is 0 Å². The molecule has 0 aromatic rings. The second-order valence-corrected chi connectivity index (χ2v) is 39.0. The van der Waals surface area contributed by atoms with Gasteiger partial charge in [0.1, 0.15) is 34.5 Å². The maximum absolute atomic E-state index is 13.3. The van der Waals surface area contributed by atoms with E-state index >= 15 is 0 Å². The van der Waals surface area contributed by atoms with E-state index in [-0.39, 0.29) is 130 Å². The van der Waals surface area contributed by atoms with Gasteiger partial charge in [-0.15, -0.1) is 0 Å². The van der Waals surface area contributed by atoms with Crippen molar-refractivity contribution in [1.82, 2.24) is 29.4 Å². The number of nitrogens with zero attached hydrogens (tertiary/aromatic N) is 7. The topological polar surface area (TPSA) is 434 Å². The van der Waals surface area contributed by atoms with Crippen molar-refractivity contribution in [3.05, 3.63) is 0 Å². The van der Waals surface area contributed by atoms with Crippen LogP contribution in [0.15, 0.2) is 0 Å². The fourth-order valence-corrected chi connectivity index (χ4v) is 20.4. The number of aliphatic hydroxyl groups is 3. The minimum Gasteiger partial charge on any atom is -0.391 e. The molecule has 38 heteroatoms. The SMILES string of the molecule is CCCCCCCCCCCC[N+](C)(CCCCCCCCCCCC)CCC[Si](OC(CN1CCN(CC(O)CS(=O)(=O)O)CC1)CS(=O)(=O)O)(OC(CN1CCN(CC(O)CS(=O)(=O)O)CC1)CS(=O)(=O)O)OC(CN1CCN(CC(O)CS(=O)(=O)O)CC1)CS(=O)(=O)O. The largest absolute Gasteiger partial charge is 0.502 e. The Morgan fingerprint density at radius 3 is 0.729 bits per heavy atom. The maximum atomic E-state index is 13.3. The first-order valence-electron chi connectivity index (χ1n) is 34.7. The Labute approximate surface area is 576 Å². The van der Waals surface area contributed by atoms with Crippen LogP contribution in [0.5, 0.6) is 0 Å². The zero-order valence-electron chi connectivity index (χ0n) is 57.3. The van der Waals surface area contributed by atoms with Crippen molar-refractivity contribution in [2.45, 2.75) is 191 Å². The molecule has 31 nitrogen and oxygen atoms in total. The van der Waals surface area contributed by atoms with Crippen molar-refractivity contribution >= 4 is 69.5 Å². The molecule has 3 saturated heterocycles. The van der Waals surface area contributed by atoms with Gasteiger partial charge in [-0.3, -0.25) is 56.7 Å². The molecule has 0 aromatic heterocycles. The number of hydrogen-bond acceptors (Lipinski definition) is 24. The summed E-state index contributed by atoms with van der Waals surface area (Å²) in [4.78, 5) is 10.5. The van der Waals surface area contributed by atoms with Gasteiger partial charge in [0, 0.05) is 130 Å². The van der Waals surface area contributed by atoms with E-state index in [1.165, 1.54) is 64.2 Å². The first-order chi connectivity index (χ1) is 44.7.